The fourth-order valence-corrected chi connectivity index (χ4v) is 1.33. The molecule has 0 aliphatic rings. The number of rotatable bonds is 2. The molecule has 13 heavy (non-hydrogen) atoms. The molecule has 0 spiro atoms. The van der Waals surface area contributed by atoms with Crippen molar-refractivity contribution >= 4 is 11.6 Å². The molecule has 1 aromatic carbocycles. The second kappa shape index (κ2) is 3.95. The highest BCUT2D eigenvalue weighted by molar-refractivity contribution is 6.30. The largest absolute Gasteiger partial charge is 0.381 e. The summed E-state index contributed by atoms with van der Waals surface area (Å²) in [5, 5.41) is 10.6. The van der Waals surface area contributed by atoms with E-state index in [1.54, 1.807) is 25.1 Å². The van der Waals surface area contributed by atoms with E-state index in [4.69, 9.17) is 11.6 Å². The monoisotopic (exact) mass is 196 g/mol. The van der Waals surface area contributed by atoms with Gasteiger partial charge in [0.2, 0.25) is 0 Å². The minimum atomic E-state index is -0.903. The molecule has 0 bridgehead atoms. The van der Waals surface area contributed by atoms with E-state index in [9.17, 15) is 5.11 Å². The van der Waals surface area contributed by atoms with E-state index in [-0.39, 0.29) is 0 Å². The van der Waals surface area contributed by atoms with E-state index in [0.29, 0.717) is 5.02 Å². The average molecular weight is 197 g/mol. The van der Waals surface area contributed by atoms with Crippen LogP contribution in [0, 0.1) is 0 Å². The molecule has 1 N–H and O–H groups in total. The molecule has 1 aromatic rings. The standard InChI is InChI=1S/C11H13ClO/c1-3-8-11(2,13)9-4-6-10(12)7-5-9/h3-8,13H,1-2H3/b8-3+. The third kappa shape index (κ3) is 2.58. The molecule has 0 radical (unpaired) electrons. The molecule has 0 fully saturated rings. The van der Waals surface area contributed by atoms with Crippen LogP contribution in [0.5, 0.6) is 0 Å². The van der Waals surface area contributed by atoms with Gasteiger partial charge in [0.05, 0.1) is 0 Å². The topological polar surface area (TPSA) is 20.2 Å². The molecule has 1 nitrogen and oxygen atoms in total. The van der Waals surface area contributed by atoms with Crippen molar-refractivity contribution in [2.24, 2.45) is 0 Å². The Kier molecular flexibility index (Phi) is 3.12. The van der Waals surface area contributed by atoms with Crippen LogP contribution < -0.4 is 0 Å². The van der Waals surface area contributed by atoms with Gasteiger partial charge in [-0.05, 0) is 31.5 Å². The summed E-state index contributed by atoms with van der Waals surface area (Å²) in [5.41, 5.74) is -0.0608. The fourth-order valence-electron chi connectivity index (χ4n) is 1.21. The van der Waals surface area contributed by atoms with Crippen LogP contribution in [-0.4, -0.2) is 5.11 Å². The van der Waals surface area contributed by atoms with Gasteiger partial charge in [-0.25, -0.2) is 0 Å². The quantitative estimate of drug-likeness (QED) is 0.721. The van der Waals surface area contributed by atoms with Crippen molar-refractivity contribution in [3.63, 3.8) is 0 Å². The summed E-state index contributed by atoms with van der Waals surface area (Å²) in [4.78, 5) is 0. The Hall–Kier alpha value is -0.790. The summed E-state index contributed by atoms with van der Waals surface area (Å²) in [7, 11) is 0. The van der Waals surface area contributed by atoms with Gasteiger partial charge in [0.15, 0.2) is 0 Å². The van der Waals surface area contributed by atoms with Gasteiger partial charge in [-0.15, -0.1) is 0 Å². The Morgan fingerprint density at radius 1 is 1.31 bits per heavy atom. The Morgan fingerprint density at radius 2 is 1.85 bits per heavy atom. The van der Waals surface area contributed by atoms with Crippen LogP contribution in [0.1, 0.15) is 19.4 Å². The van der Waals surface area contributed by atoms with E-state index >= 15 is 0 Å². The molecule has 0 aliphatic carbocycles. The first-order valence-electron chi connectivity index (χ1n) is 4.18. The zero-order chi connectivity index (χ0) is 9.90. The van der Waals surface area contributed by atoms with Crippen LogP contribution in [0.15, 0.2) is 36.4 Å². The molecule has 0 saturated heterocycles. The van der Waals surface area contributed by atoms with E-state index in [0.717, 1.165) is 5.56 Å². The Balaban J connectivity index is 3.00. The molecule has 1 atom stereocenters. The van der Waals surface area contributed by atoms with E-state index < -0.39 is 5.60 Å². The van der Waals surface area contributed by atoms with Crippen molar-refractivity contribution in [3.8, 4) is 0 Å². The molecule has 0 aromatic heterocycles. The first-order chi connectivity index (χ1) is 6.06. The Bertz CT molecular complexity index is 298. The van der Waals surface area contributed by atoms with E-state index in [1.807, 2.05) is 25.1 Å². The van der Waals surface area contributed by atoms with Crippen LogP contribution in [0.2, 0.25) is 5.02 Å². The highest BCUT2D eigenvalue weighted by atomic mass is 35.5. The van der Waals surface area contributed by atoms with Gasteiger partial charge in [-0.1, -0.05) is 35.9 Å². The maximum Gasteiger partial charge on any atom is 0.105 e. The SMILES string of the molecule is C/C=C/C(C)(O)c1ccc(Cl)cc1. The van der Waals surface area contributed by atoms with Crippen LogP contribution in [0.4, 0.5) is 0 Å². The molecule has 1 rings (SSSR count). The minimum absolute atomic E-state index is 0.681. The lowest BCUT2D eigenvalue weighted by atomic mass is 9.96. The number of aliphatic hydroxyl groups is 1. The predicted octanol–water partition coefficient (Wildman–Crippen LogP) is 3.12. The summed E-state index contributed by atoms with van der Waals surface area (Å²) in [6.45, 7) is 3.63. The first kappa shape index (κ1) is 10.3. The number of allylic oxidation sites excluding steroid dienone is 1. The highest BCUT2D eigenvalue weighted by Gasteiger charge is 2.17. The normalized spacial score (nSPS) is 16.0. The van der Waals surface area contributed by atoms with Crippen LogP contribution in [0.25, 0.3) is 0 Å². The predicted molar refractivity (Wildman–Crippen MR) is 55.8 cm³/mol. The fraction of sp³-hybridized carbons (Fsp3) is 0.273. The van der Waals surface area contributed by atoms with Gasteiger partial charge in [-0.3, -0.25) is 0 Å². The number of benzene rings is 1. The molecular weight excluding hydrogens is 184 g/mol. The zero-order valence-electron chi connectivity index (χ0n) is 7.79. The Labute approximate surface area is 83.7 Å². The molecule has 0 amide bonds. The van der Waals surface area contributed by atoms with Crippen molar-refractivity contribution < 1.29 is 5.11 Å². The highest BCUT2D eigenvalue weighted by Crippen LogP contribution is 2.23. The second-order valence-electron chi connectivity index (χ2n) is 3.15. The zero-order valence-corrected chi connectivity index (χ0v) is 8.55. The number of hydrogen-bond acceptors (Lipinski definition) is 1. The van der Waals surface area contributed by atoms with E-state index in [1.165, 1.54) is 0 Å². The number of hydrogen-bond donors (Lipinski definition) is 1. The van der Waals surface area contributed by atoms with Gasteiger partial charge in [0, 0.05) is 5.02 Å². The lowest BCUT2D eigenvalue weighted by Crippen LogP contribution is -2.17. The van der Waals surface area contributed by atoms with Gasteiger partial charge >= 0.3 is 0 Å². The van der Waals surface area contributed by atoms with Crippen LogP contribution in [0.3, 0.4) is 0 Å². The molecule has 0 aliphatic heterocycles. The Morgan fingerprint density at radius 3 is 2.31 bits per heavy atom. The summed E-state index contributed by atoms with van der Waals surface area (Å²) in [6, 6.07) is 7.19. The maximum absolute atomic E-state index is 9.95. The summed E-state index contributed by atoms with van der Waals surface area (Å²) in [5.74, 6) is 0. The molecule has 70 valence electrons. The van der Waals surface area contributed by atoms with Crippen molar-refractivity contribution in [2.45, 2.75) is 19.4 Å². The summed E-state index contributed by atoms with van der Waals surface area (Å²) >= 11 is 5.74. The van der Waals surface area contributed by atoms with Gasteiger partial charge in [0.1, 0.15) is 5.60 Å². The molecular formula is C11H13ClO. The lowest BCUT2D eigenvalue weighted by molar-refractivity contribution is 0.111. The lowest BCUT2D eigenvalue weighted by Gasteiger charge is -2.19. The molecule has 1 unspecified atom stereocenters. The second-order valence-corrected chi connectivity index (χ2v) is 3.59. The molecule has 0 saturated carbocycles. The van der Waals surface area contributed by atoms with Crippen LogP contribution in [-0.2, 0) is 5.60 Å². The van der Waals surface area contributed by atoms with Crippen molar-refractivity contribution in [2.75, 3.05) is 0 Å². The molecule has 0 heterocycles. The van der Waals surface area contributed by atoms with Crippen LogP contribution >= 0.6 is 11.6 Å². The minimum Gasteiger partial charge on any atom is -0.381 e. The van der Waals surface area contributed by atoms with Gasteiger partial charge in [0.25, 0.3) is 0 Å². The smallest absolute Gasteiger partial charge is 0.105 e. The third-order valence-electron chi connectivity index (χ3n) is 1.92. The van der Waals surface area contributed by atoms with Crippen molar-refractivity contribution in [3.05, 3.63) is 47.0 Å². The van der Waals surface area contributed by atoms with Crippen molar-refractivity contribution in [1.29, 1.82) is 0 Å². The average Bonchev–Trinajstić information content (AvgIpc) is 2.05. The first-order valence-corrected chi connectivity index (χ1v) is 4.56. The molecule has 2 heteroatoms. The summed E-state index contributed by atoms with van der Waals surface area (Å²) in [6.07, 6.45) is 3.57. The maximum atomic E-state index is 9.95. The number of halogens is 1. The van der Waals surface area contributed by atoms with Crippen molar-refractivity contribution in [1.82, 2.24) is 0 Å². The van der Waals surface area contributed by atoms with E-state index in [2.05, 4.69) is 0 Å². The van der Waals surface area contributed by atoms with Gasteiger partial charge < -0.3 is 5.11 Å². The van der Waals surface area contributed by atoms with Gasteiger partial charge in [-0.2, -0.15) is 0 Å². The third-order valence-corrected chi connectivity index (χ3v) is 2.17. The summed E-state index contributed by atoms with van der Waals surface area (Å²) < 4.78 is 0.